The SMILES string of the molecule is N#Cc1ccccc1OCCCS(=O)(=O)C1CCOCC1. The molecule has 1 fully saturated rings. The zero-order valence-electron chi connectivity index (χ0n) is 11.8. The lowest BCUT2D eigenvalue weighted by molar-refractivity contribution is 0.0983. The predicted octanol–water partition coefficient (Wildman–Crippen LogP) is 1.92. The number of nitrogens with zero attached hydrogens (tertiary/aromatic N) is 1. The Bertz CT molecular complexity index is 600. The van der Waals surface area contributed by atoms with Crippen molar-refractivity contribution in [2.45, 2.75) is 24.5 Å². The Morgan fingerprint density at radius 2 is 2.00 bits per heavy atom. The van der Waals surface area contributed by atoms with Gasteiger partial charge in [-0.1, -0.05) is 12.1 Å². The first-order chi connectivity index (χ1) is 10.1. The maximum absolute atomic E-state index is 12.2. The molecule has 21 heavy (non-hydrogen) atoms. The lowest BCUT2D eigenvalue weighted by Gasteiger charge is -2.22. The first-order valence-electron chi connectivity index (χ1n) is 7.05. The van der Waals surface area contributed by atoms with Crippen LogP contribution in [0, 0.1) is 11.3 Å². The maximum Gasteiger partial charge on any atom is 0.153 e. The van der Waals surface area contributed by atoms with Gasteiger partial charge in [-0.15, -0.1) is 0 Å². The summed E-state index contributed by atoms with van der Waals surface area (Å²) in [5, 5.41) is 8.66. The van der Waals surface area contributed by atoms with E-state index in [1.165, 1.54) is 0 Å². The van der Waals surface area contributed by atoms with Gasteiger partial charge < -0.3 is 9.47 Å². The Hall–Kier alpha value is -1.58. The van der Waals surface area contributed by atoms with Crippen LogP contribution in [0.4, 0.5) is 0 Å². The zero-order chi connectivity index (χ0) is 15.1. The van der Waals surface area contributed by atoms with Crippen molar-refractivity contribution in [2.75, 3.05) is 25.6 Å². The van der Waals surface area contributed by atoms with Crippen LogP contribution in [0.1, 0.15) is 24.8 Å². The summed E-state index contributed by atoms with van der Waals surface area (Å²) in [5.41, 5.74) is 0.463. The Kier molecular flexibility index (Phi) is 5.59. The highest BCUT2D eigenvalue weighted by molar-refractivity contribution is 7.92. The molecule has 1 saturated heterocycles. The molecule has 0 bridgehead atoms. The number of benzene rings is 1. The molecule has 0 aromatic heterocycles. The van der Waals surface area contributed by atoms with Gasteiger partial charge in [0.15, 0.2) is 9.84 Å². The van der Waals surface area contributed by atoms with Crippen LogP contribution in [-0.2, 0) is 14.6 Å². The van der Waals surface area contributed by atoms with Gasteiger partial charge in [0.2, 0.25) is 0 Å². The van der Waals surface area contributed by atoms with E-state index >= 15 is 0 Å². The zero-order valence-corrected chi connectivity index (χ0v) is 12.6. The second-order valence-corrected chi connectivity index (χ2v) is 7.39. The number of ether oxygens (including phenoxy) is 2. The summed E-state index contributed by atoms with van der Waals surface area (Å²) in [7, 11) is -3.08. The smallest absolute Gasteiger partial charge is 0.153 e. The highest BCUT2D eigenvalue weighted by Gasteiger charge is 2.27. The van der Waals surface area contributed by atoms with Gasteiger partial charge in [0, 0.05) is 13.2 Å². The summed E-state index contributed by atoms with van der Waals surface area (Å²) in [6.07, 6.45) is 1.60. The lowest BCUT2D eigenvalue weighted by atomic mass is 10.2. The third kappa shape index (κ3) is 4.45. The summed E-state index contributed by atoms with van der Waals surface area (Å²) < 4.78 is 35.0. The molecule has 1 aliphatic heterocycles. The average Bonchev–Trinajstić information content (AvgIpc) is 2.53. The van der Waals surface area contributed by atoms with E-state index in [-0.39, 0.29) is 11.0 Å². The first kappa shape index (κ1) is 15.8. The molecule has 114 valence electrons. The van der Waals surface area contributed by atoms with Crippen LogP contribution in [0.25, 0.3) is 0 Å². The standard InChI is InChI=1S/C15H19NO4S/c16-12-13-4-1-2-5-15(13)20-8-3-11-21(17,18)14-6-9-19-10-7-14/h1-2,4-5,14H,3,6-11H2. The van der Waals surface area contributed by atoms with Crippen LogP contribution >= 0.6 is 0 Å². The number of para-hydroxylation sites is 1. The van der Waals surface area contributed by atoms with Crippen LogP contribution < -0.4 is 4.74 Å². The Morgan fingerprint density at radius 3 is 2.71 bits per heavy atom. The molecule has 1 aromatic rings. The first-order valence-corrected chi connectivity index (χ1v) is 8.76. The van der Waals surface area contributed by atoms with E-state index in [0.717, 1.165) is 0 Å². The number of rotatable bonds is 6. The number of hydrogen-bond donors (Lipinski definition) is 0. The van der Waals surface area contributed by atoms with E-state index in [9.17, 15) is 8.42 Å². The Balaban J connectivity index is 1.80. The number of hydrogen-bond acceptors (Lipinski definition) is 5. The van der Waals surface area contributed by atoms with E-state index in [4.69, 9.17) is 14.7 Å². The highest BCUT2D eigenvalue weighted by Crippen LogP contribution is 2.19. The predicted molar refractivity (Wildman–Crippen MR) is 78.9 cm³/mol. The second-order valence-electron chi connectivity index (χ2n) is 4.99. The monoisotopic (exact) mass is 309 g/mol. The van der Waals surface area contributed by atoms with E-state index < -0.39 is 9.84 Å². The van der Waals surface area contributed by atoms with E-state index in [0.29, 0.717) is 50.4 Å². The van der Waals surface area contributed by atoms with Crippen molar-refractivity contribution in [3.05, 3.63) is 29.8 Å². The molecule has 0 atom stereocenters. The normalized spacial score (nSPS) is 16.3. The van der Waals surface area contributed by atoms with Crippen molar-refractivity contribution in [3.8, 4) is 11.8 Å². The summed E-state index contributed by atoms with van der Waals surface area (Å²) in [6, 6.07) is 8.99. The molecule has 1 aromatic carbocycles. The van der Waals surface area contributed by atoms with Gasteiger partial charge in [0.25, 0.3) is 0 Å². The topological polar surface area (TPSA) is 76.4 Å². The van der Waals surface area contributed by atoms with Gasteiger partial charge >= 0.3 is 0 Å². The van der Waals surface area contributed by atoms with Crippen LogP contribution in [-0.4, -0.2) is 39.2 Å². The van der Waals surface area contributed by atoms with Gasteiger partial charge in [-0.05, 0) is 31.4 Å². The fourth-order valence-electron chi connectivity index (χ4n) is 2.33. The van der Waals surface area contributed by atoms with Gasteiger partial charge in [-0.3, -0.25) is 0 Å². The Morgan fingerprint density at radius 1 is 1.29 bits per heavy atom. The fraction of sp³-hybridized carbons (Fsp3) is 0.533. The quantitative estimate of drug-likeness (QED) is 0.750. The van der Waals surface area contributed by atoms with Gasteiger partial charge in [0.05, 0.1) is 23.2 Å². The molecule has 1 aliphatic rings. The summed E-state index contributed by atoms with van der Waals surface area (Å²) >= 11 is 0. The molecule has 1 heterocycles. The Labute approximate surface area is 125 Å². The molecule has 0 spiro atoms. The minimum absolute atomic E-state index is 0.117. The molecule has 0 amide bonds. The average molecular weight is 309 g/mol. The van der Waals surface area contributed by atoms with Crippen molar-refractivity contribution in [1.82, 2.24) is 0 Å². The molecule has 0 saturated carbocycles. The van der Waals surface area contributed by atoms with Gasteiger partial charge in [-0.25, -0.2) is 8.42 Å². The van der Waals surface area contributed by atoms with Crippen molar-refractivity contribution in [2.24, 2.45) is 0 Å². The van der Waals surface area contributed by atoms with Crippen molar-refractivity contribution < 1.29 is 17.9 Å². The largest absolute Gasteiger partial charge is 0.492 e. The fourth-order valence-corrected chi connectivity index (χ4v) is 4.09. The molecular formula is C15H19NO4S. The molecule has 6 heteroatoms. The molecule has 5 nitrogen and oxygen atoms in total. The third-order valence-corrected chi connectivity index (χ3v) is 5.86. The summed E-state index contributed by atoms with van der Waals surface area (Å²) in [6.45, 7) is 1.34. The van der Waals surface area contributed by atoms with Gasteiger partial charge in [-0.2, -0.15) is 5.26 Å². The number of nitriles is 1. The van der Waals surface area contributed by atoms with E-state index in [2.05, 4.69) is 0 Å². The van der Waals surface area contributed by atoms with Crippen molar-refractivity contribution in [3.63, 3.8) is 0 Å². The van der Waals surface area contributed by atoms with Crippen LogP contribution in [0.15, 0.2) is 24.3 Å². The third-order valence-electron chi connectivity index (χ3n) is 3.51. The van der Waals surface area contributed by atoms with E-state index in [1.54, 1.807) is 24.3 Å². The molecular weight excluding hydrogens is 290 g/mol. The van der Waals surface area contributed by atoms with Crippen molar-refractivity contribution >= 4 is 9.84 Å². The minimum Gasteiger partial charge on any atom is -0.492 e. The summed E-state index contributed by atoms with van der Waals surface area (Å²) in [5.74, 6) is 0.621. The van der Waals surface area contributed by atoms with E-state index in [1.807, 2.05) is 6.07 Å². The second kappa shape index (κ2) is 7.43. The lowest BCUT2D eigenvalue weighted by Crippen LogP contribution is -2.31. The molecule has 0 radical (unpaired) electrons. The molecule has 0 aliphatic carbocycles. The molecule has 0 N–H and O–H groups in total. The molecule has 2 rings (SSSR count). The van der Waals surface area contributed by atoms with Crippen molar-refractivity contribution in [1.29, 1.82) is 5.26 Å². The highest BCUT2D eigenvalue weighted by atomic mass is 32.2. The number of sulfone groups is 1. The summed E-state index contributed by atoms with van der Waals surface area (Å²) in [4.78, 5) is 0. The maximum atomic E-state index is 12.2. The van der Waals surface area contributed by atoms with Crippen LogP contribution in [0.5, 0.6) is 5.75 Å². The van der Waals surface area contributed by atoms with Crippen LogP contribution in [0.3, 0.4) is 0 Å². The molecule has 0 unspecified atom stereocenters. The van der Waals surface area contributed by atoms with Crippen LogP contribution in [0.2, 0.25) is 0 Å². The van der Waals surface area contributed by atoms with Gasteiger partial charge in [0.1, 0.15) is 11.8 Å². The minimum atomic E-state index is -3.08.